The van der Waals surface area contributed by atoms with Crippen molar-refractivity contribution in [2.75, 3.05) is 0 Å². The summed E-state index contributed by atoms with van der Waals surface area (Å²) in [6.07, 6.45) is -2.11. The molecule has 7 N–H and O–H groups in total. The Balaban J connectivity index is 2.04. The average molecular weight is 415 g/mol. The van der Waals surface area contributed by atoms with Crippen molar-refractivity contribution in [3.63, 3.8) is 0 Å². The van der Waals surface area contributed by atoms with Crippen molar-refractivity contribution in [2.24, 2.45) is 17.6 Å². The molecule has 1 fully saturated rings. The van der Waals surface area contributed by atoms with Gasteiger partial charge in [-0.25, -0.2) is 0 Å². The largest absolute Gasteiger partial charge is 0.508 e. The maximum Gasteiger partial charge on any atom is 0.255 e. The first kappa shape index (κ1) is 20.1. The summed E-state index contributed by atoms with van der Waals surface area (Å²) in [5.74, 6) is -8.53. The highest BCUT2D eigenvalue weighted by Gasteiger charge is 2.64. The number of primary amides is 1. The minimum atomic E-state index is -2.81. The van der Waals surface area contributed by atoms with Gasteiger partial charge in [-0.1, -0.05) is 13.0 Å². The van der Waals surface area contributed by atoms with Crippen LogP contribution in [0, 0.1) is 18.8 Å². The second-order valence-electron chi connectivity index (χ2n) is 8.17. The molecule has 0 saturated heterocycles. The Morgan fingerprint density at radius 3 is 2.43 bits per heavy atom. The van der Waals surface area contributed by atoms with Gasteiger partial charge in [0, 0.05) is 23.8 Å². The van der Waals surface area contributed by atoms with Crippen LogP contribution < -0.4 is 5.73 Å². The van der Waals surface area contributed by atoms with E-state index in [9.17, 15) is 39.9 Å². The fourth-order valence-corrected chi connectivity index (χ4v) is 5.30. The standard InChI is InChI=1S/C21H21NO8/c1-6-3-4-9(23)13-11(6)7(2)12-15(17(13)26)19(28)21(30)8(16(12)25)5-10(24)14(18(21)27)20(22)29/h3-4,7-8,12,16,23,25-27,30H,5H2,1-2H3,(H2,22,29)/t7-,8+,12+,16+,21+/m0/s1. The molecule has 0 unspecified atom stereocenters. The number of aryl methyl sites for hydroxylation is 1. The molecule has 1 aromatic rings. The highest BCUT2D eigenvalue weighted by molar-refractivity contribution is 6.23. The van der Waals surface area contributed by atoms with Crippen molar-refractivity contribution >= 4 is 23.2 Å². The van der Waals surface area contributed by atoms with Crippen LogP contribution in [0.5, 0.6) is 5.75 Å². The number of phenols is 1. The monoisotopic (exact) mass is 415 g/mol. The van der Waals surface area contributed by atoms with E-state index in [2.05, 4.69) is 0 Å². The predicted octanol–water partition coefficient (Wildman–Crippen LogP) is 0.264. The van der Waals surface area contributed by atoms with Gasteiger partial charge in [-0.2, -0.15) is 0 Å². The van der Waals surface area contributed by atoms with E-state index < -0.39 is 70.4 Å². The Bertz CT molecular complexity index is 1100. The van der Waals surface area contributed by atoms with Gasteiger partial charge in [0.25, 0.3) is 5.91 Å². The van der Waals surface area contributed by atoms with Crippen LogP contribution in [0.3, 0.4) is 0 Å². The maximum atomic E-state index is 13.4. The van der Waals surface area contributed by atoms with Crippen LogP contribution in [0.2, 0.25) is 0 Å². The summed E-state index contributed by atoms with van der Waals surface area (Å²) in [7, 11) is 0. The lowest BCUT2D eigenvalue weighted by molar-refractivity contribution is -0.160. The third kappa shape index (κ3) is 2.21. The molecular weight excluding hydrogens is 394 g/mol. The highest BCUT2D eigenvalue weighted by atomic mass is 16.4. The second kappa shape index (κ2) is 6.16. The number of Topliss-reactive ketones (excluding diaryl/α,β-unsaturated/α-hetero) is 2. The van der Waals surface area contributed by atoms with Crippen LogP contribution in [0.15, 0.2) is 29.0 Å². The lowest BCUT2D eigenvalue weighted by Gasteiger charge is -2.50. The van der Waals surface area contributed by atoms with Crippen molar-refractivity contribution in [1.82, 2.24) is 0 Å². The number of carbonyl (C=O) groups excluding carboxylic acids is 3. The van der Waals surface area contributed by atoms with Crippen LogP contribution in [0.1, 0.15) is 36.0 Å². The first-order chi connectivity index (χ1) is 13.9. The molecule has 0 radical (unpaired) electrons. The lowest BCUT2D eigenvalue weighted by Crippen LogP contribution is -2.64. The first-order valence-corrected chi connectivity index (χ1v) is 9.42. The lowest BCUT2D eigenvalue weighted by atomic mass is 9.55. The van der Waals surface area contributed by atoms with Gasteiger partial charge in [0.2, 0.25) is 5.78 Å². The van der Waals surface area contributed by atoms with Crippen LogP contribution in [0.4, 0.5) is 0 Å². The molecule has 4 rings (SSSR count). The second-order valence-corrected chi connectivity index (χ2v) is 8.17. The molecule has 3 aliphatic rings. The Labute approximate surface area is 170 Å². The average Bonchev–Trinajstić information content (AvgIpc) is 2.66. The number of hydrogen-bond donors (Lipinski definition) is 6. The Hall–Kier alpha value is -3.17. The van der Waals surface area contributed by atoms with E-state index in [4.69, 9.17) is 5.73 Å². The molecular formula is C21H21NO8. The van der Waals surface area contributed by atoms with E-state index in [1.54, 1.807) is 19.9 Å². The van der Waals surface area contributed by atoms with Gasteiger partial charge in [0.1, 0.15) is 22.8 Å². The molecule has 0 aliphatic heterocycles. The molecule has 0 aromatic heterocycles. The van der Waals surface area contributed by atoms with Crippen LogP contribution in [-0.4, -0.2) is 54.7 Å². The summed E-state index contributed by atoms with van der Waals surface area (Å²) >= 11 is 0. The number of phenolic OH excluding ortho intramolecular Hbond substituents is 1. The molecule has 1 amide bonds. The number of carbonyl (C=O) groups is 3. The molecule has 0 spiro atoms. The normalized spacial score (nSPS) is 33.2. The molecule has 3 aliphatic carbocycles. The number of aliphatic hydroxyl groups is 4. The van der Waals surface area contributed by atoms with Gasteiger partial charge >= 0.3 is 0 Å². The summed E-state index contributed by atoms with van der Waals surface area (Å²) in [5, 5.41) is 54.0. The van der Waals surface area contributed by atoms with Gasteiger partial charge in [-0.15, -0.1) is 0 Å². The van der Waals surface area contributed by atoms with Gasteiger partial charge in [-0.3, -0.25) is 14.4 Å². The highest BCUT2D eigenvalue weighted by Crippen LogP contribution is 2.55. The number of benzene rings is 1. The summed E-state index contributed by atoms with van der Waals surface area (Å²) < 4.78 is 0. The minimum Gasteiger partial charge on any atom is -0.508 e. The molecule has 0 heterocycles. The van der Waals surface area contributed by atoms with Crippen LogP contribution >= 0.6 is 0 Å². The van der Waals surface area contributed by atoms with E-state index in [1.165, 1.54) is 6.07 Å². The van der Waals surface area contributed by atoms with Crippen molar-refractivity contribution in [1.29, 1.82) is 0 Å². The maximum absolute atomic E-state index is 13.4. The number of aliphatic hydroxyl groups excluding tert-OH is 3. The zero-order chi connectivity index (χ0) is 22.3. The van der Waals surface area contributed by atoms with Crippen molar-refractivity contribution in [3.05, 3.63) is 45.7 Å². The van der Waals surface area contributed by atoms with Crippen molar-refractivity contribution < 1.29 is 39.9 Å². The topological polar surface area (TPSA) is 178 Å². The zero-order valence-electron chi connectivity index (χ0n) is 16.2. The number of hydrogen-bond acceptors (Lipinski definition) is 8. The molecule has 1 aromatic carbocycles. The molecule has 0 bridgehead atoms. The molecule has 1 saturated carbocycles. The molecule has 30 heavy (non-hydrogen) atoms. The van der Waals surface area contributed by atoms with E-state index in [1.807, 2.05) is 0 Å². The smallest absolute Gasteiger partial charge is 0.255 e. The van der Waals surface area contributed by atoms with E-state index in [0.717, 1.165) is 0 Å². The van der Waals surface area contributed by atoms with Gasteiger partial charge in [0.05, 0.1) is 11.7 Å². The number of rotatable bonds is 1. The summed E-state index contributed by atoms with van der Waals surface area (Å²) in [6.45, 7) is 3.44. The van der Waals surface area contributed by atoms with Crippen molar-refractivity contribution in [2.45, 2.75) is 37.9 Å². The van der Waals surface area contributed by atoms with E-state index in [0.29, 0.717) is 11.1 Å². The molecule has 5 atom stereocenters. The van der Waals surface area contributed by atoms with Crippen LogP contribution in [-0.2, 0) is 14.4 Å². The fourth-order valence-electron chi connectivity index (χ4n) is 5.30. The van der Waals surface area contributed by atoms with Gasteiger partial charge in [0.15, 0.2) is 11.4 Å². The number of aromatic hydroxyl groups is 1. The van der Waals surface area contributed by atoms with E-state index >= 15 is 0 Å². The number of ketones is 2. The molecule has 9 nitrogen and oxygen atoms in total. The number of amides is 1. The summed E-state index contributed by atoms with van der Waals surface area (Å²) in [6, 6.07) is 2.98. The predicted molar refractivity (Wildman–Crippen MR) is 102 cm³/mol. The van der Waals surface area contributed by atoms with E-state index in [-0.39, 0.29) is 16.9 Å². The number of nitrogens with two attached hydrogens (primary N) is 1. The van der Waals surface area contributed by atoms with Crippen molar-refractivity contribution in [3.8, 4) is 5.75 Å². The number of fused-ring (bicyclic) bond motifs is 3. The Morgan fingerprint density at radius 2 is 1.83 bits per heavy atom. The Kier molecular flexibility index (Phi) is 4.13. The van der Waals surface area contributed by atoms with Gasteiger partial charge in [-0.05, 0) is 30.0 Å². The SMILES string of the molecule is Cc1ccc(O)c2c1[C@H](C)[C@@H]1C(=C2O)C(=O)[C@]2(O)C(O)=C(C(N)=O)C(=O)C[C@@H]2[C@H]1O. The third-order valence-electron chi connectivity index (χ3n) is 6.70. The molecule has 9 heteroatoms. The molecule has 158 valence electrons. The third-order valence-corrected chi connectivity index (χ3v) is 6.70. The first-order valence-electron chi connectivity index (χ1n) is 9.42. The summed E-state index contributed by atoms with van der Waals surface area (Å²) in [5.41, 5.74) is 2.27. The minimum absolute atomic E-state index is 0.00169. The van der Waals surface area contributed by atoms with Gasteiger partial charge < -0.3 is 31.3 Å². The van der Waals surface area contributed by atoms with Crippen LogP contribution in [0.25, 0.3) is 5.76 Å². The summed E-state index contributed by atoms with van der Waals surface area (Å²) in [4.78, 5) is 37.4. The Morgan fingerprint density at radius 1 is 1.20 bits per heavy atom. The quantitative estimate of drug-likeness (QED) is 0.354. The fraction of sp³-hybridized carbons (Fsp3) is 0.381. The zero-order valence-corrected chi connectivity index (χ0v) is 16.2.